The summed E-state index contributed by atoms with van der Waals surface area (Å²) in [7, 11) is 0. The minimum Gasteiger partial charge on any atom is -0.445 e. The summed E-state index contributed by atoms with van der Waals surface area (Å²) in [5.41, 5.74) is -2.64. The van der Waals surface area contributed by atoms with Crippen LogP contribution >= 0.6 is 0 Å². The maximum atomic E-state index is 12.4. The van der Waals surface area contributed by atoms with E-state index in [2.05, 4.69) is 0 Å². The van der Waals surface area contributed by atoms with Crippen molar-refractivity contribution in [2.24, 2.45) is 0 Å². The van der Waals surface area contributed by atoms with E-state index >= 15 is 0 Å². The second-order valence-electron chi connectivity index (χ2n) is 2.54. The molecule has 0 fully saturated rings. The van der Waals surface area contributed by atoms with Crippen LogP contribution in [0.4, 0.5) is 23.0 Å². The van der Waals surface area contributed by atoms with Gasteiger partial charge in [-0.3, -0.25) is 10.1 Å². The van der Waals surface area contributed by atoms with Crippen LogP contribution < -0.4 is 56.8 Å². The molecule has 0 saturated carbocycles. The fraction of sp³-hybridized carbons (Fsp3) is 0. The third-order valence-electron chi connectivity index (χ3n) is 1.54. The maximum Gasteiger partial charge on any atom is 1.00 e. The van der Waals surface area contributed by atoms with Crippen LogP contribution in [-0.4, -0.2) is 11.9 Å². The molecule has 0 spiro atoms. The Morgan fingerprint density at radius 3 is 2.20 bits per heavy atom. The average molecular weight is 247 g/mol. The van der Waals surface area contributed by atoms with E-state index in [9.17, 15) is 27.5 Å². The molecule has 0 bridgehead atoms. The normalized spacial score (nSPS) is 10.7. The minimum absolute atomic E-state index is 0. The van der Waals surface area contributed by atoms with Gasteiger partial charge in [-0.15, -0.1) is 0 Å². The van der Waals surface area contributed by atoms with Crippen LogP contribution in [0.5, 0.6) is 0 Å². The Bertz CT molecular complexity index is 384. The molecule has 0 radical (unpaired) electrons. The smallest absolute Gasteiger partial charge is 0.445 e. The first kappa shape index (κ1) is 15.0. The predicted octanol–water partition coefficient (Wildman–Crippen LogP) is -1.21. The summed E-state index contributed by atoms with van der Waals surface area (Å²) in [5.74, 6) is -1.15. The predicted molar refractivity (Wildman–Crippen MR) is 41.8 cm³/mol. The Kier molecular flexibility index (Phi) is 5.41. The van der Waals surface area contributed by atoms with Gasteiger partial charge in [0.25, 0.3) is 0 Å². The van der Waals surface area contributed by atoms with Crippen LogP contribution in [0.15, 0.2) is 18.2 Å². The van der Waals surface area contributed by atoms with Crippen molar-refractivity contribution < 1.29 is 73.6 Å². The molecule has 0 aliphatic carbocycles. The molecule has 15 heavy (non-hydrogen) atoms. The number of rotatable bonds is 2. The SMILES string of the molecule is O=[N+]([O-])c1ccc(F)cc1[B-](F)(F)F.[K+]. The summed E-state index contributed by atoms with van der Waals surface area (Å²) in [6.07, 6.45) is 0. The third-order valence-corrected chi connectivity index (χ3v) is 1.54. The van der Waals surface area contributed by atoms with E-state index < -0.39 is 28.9 Å². The topological polar surface area (TPSA) is 43.1 Å². The van der Waals surface area contributed by atoms with Crippen molar-refractivity contribution in [3.63, 3.8) is 0 Å². The Morgan fingerprint density at radius 2 is 1.80 bits per heavy atom. The number of hydrogen-bond acceptors (Lipinski definition) is 2. The monoisotopic (exact) mass is 247 g/mol. The molecule has 76 valence electrons. The standard InChI is InChI=1S/C6H3BF4NO2.K/c8-4-1-2-6(12(13)14)5(3-4)7(9,10)11;/h1-3H;/q-1;+1. The van der Waals surface area contributed by atoms with Crippen LogP contribution in [0.2, 0.25) is 0 Å². The first-order valence-corrected chi connectivity index (χ1v) is 3.46. The van der Waals surface area contributed by atoms with Crippen molar-refractivity contribution in [3.05, 3.63) is 34.1 Å². The Labute approximate surface area is 124 Å². The van der Waals surface area contributed by atoms with Crippen LogP contribution in [0.1, 0.15) is 0 Å². The van der Waals surface area contributed by atoms with Gasteiger partial charge >= 0.3 is 58.4 Å². The molecule has 9 heteroatoms. The van der Waals surface area contributed by atoms with Crippen molar-refractivity contribution in [2.45, 2.75) is 0 Å². The van der Waals surface area contributed by atoms with E-state index in [0.717, 1.165) is 0 Å². The Hall–Kier alpha value is 0.0413. The number of nitro benzene ring substituents is 1. The zero-order valence-corrected chi connectivity index (χ0v) is 10.7. The molecule has 1 aromatic rings. The van der Waals surface area contributed by atoms with Gasteiger partial charge in [0.1, 0.15) is 5.82 Å². The summed E-state index contributed by atoms with van der Waals surface area (Å²) in [6, 6.07) is 1.24. The third kappa shape index (κ3) is 3.83. The molecular weight excluding hydrogens is 244 g/mol. The molecule has 0 N–H and O–H groups in total. The zero-order chi connectivity index (χ0) is 10.9. The van der Waals surface area contributed by atoms with E-state index in [1.54, 1.807) is 0 Å². The van der Waals surface area contributed by atoms with Gasteiger partial charge in [-0.1, -0.05) is 0 Å². The molecule has 0 aliphatic heterocycles. The van der Waals surface area contributed by atoms with Gasteiger partial charge in [0.15, 0.2) is 0 Å². The first-order chi connectivity index (χ1) is 6.32. The fourth-order valence-corrected chi connectivity index (χ4v) is 0.954. The molecule has 1 rings (SSSR count). The Balaban J connectivity index is 0.00000196. The molecule has 0 amide bonds. The van der Waals surface area contributed by atoms with Gasteiger partial charge in [0, 0.05) is 6.07 Å². The molecule has 0 aliphatic rings. The number of nitrogens with zero attached hydrogens (tertiary/aromatic N) is 1. The van der Waals surface area contributed by atoms with Crippen LogP contribution in [0.3, 0.4) is 0 Å². The average Bonchev–Trinajstić information content (AvgIpc) is 2.01. The largest absolute Gasteiger partial charge is 1.00 e. The van der Waals surface area contributed by atoms with E-state index in [1.807, 2.05) is 0 Å². The van der Waals surface area contributed by atoms with Gasteiger partial charge in [-0.2, -0.15) is 0 Å². The van der Waals surface area contributed by atoms with Gasteiger partial charge in [-0.05, 0) is 17.6 Å². The summed E-state index contributed by atoms with van der Waals surface area (Å²) >= 11 is 0. The quantitative estimate of drug-likeness (QED) is 0.285. The summed E-state index contributed by atoms with van der Waals surface area (Å²) in [4.78, 5) is 8.98. The fourth-order valence-electron chi connectivity index (χ4n) is 0.954. The van der Waals surface area contributed by atoms with Gasteiger partial charge < -0.3 is 12.9 Å². The molecule has 0 atom stereocenters. The van der Waals surface area contributed by atoms with Crippen molar-refractivity contribution in [1.82, 2.24) is 0 Å². The maximum absolute atomic E-state index is 12.4. The van der Waals surface area contributed by atoms with Crippen LogP contribution in [-0.2, 0) is 0 Å². The molecule has 0 unspecified atom stereocenters. The Morgan fingerprint density at radius 1 is 1.27 bits per heavy atom. The molecular formula is C6H3BF4KNO2. The van der Waals surface area contributed by atoms with Crippen molar-refractivity contribution in [2.75, 3.05) is 0 Å². The molecule has 0 aromatic heterocycles. The molecule has 0 saturated heterocycles. The van der Waals surface area contributed by atoms with E-state index in [1.165, 1.54) is 0 Å². The summed E-state index contributed by atoms with van der Waals surface area (Å²) < 4.78 is 49.0. The number of hydrogen-bond donors (Lipinski definition) is 0. The van der Waals surface area contributed by atoms with Gasteiger partial charge in [0.2, 0.25) is 5.69 Å². The zero-order valence-electron chi connectivity index (χ0n) is 7.58. The summed E-state index contributed by atoms with van der Waals surface area (Å²) in [5, 5.41) is 10.2. The van der Waals surface area contributed by atoms with Crippen LogP contribution in [0.25, 0.3) is 0 Å². The molecule has 1 aromatic carbocycles. The molecule has 0 heterocycles. The first-order valence-electron chi connectivity index (χ1n) is 3.46. The second-order valence-corrected chi connectivity index (χ2v) is 2.54. The van der Waals surface area contributed by atoms with E-state index in [-0.39, 0.29) is 57.5 Å². The van der Waals surface area contributed by atoms with Crippen molar-refractivity contribution in [3.8, 4) is 0 Å². The van der Waals surface area contributed by atoms with E-state index in [4.69, 9.17) is 0 Å². The van der Waals surface area contributed by atoms with Crippen LogP contribution in [0, 0.1) is 15.9 Å². The van der Waals surface area contributed by atoms with Crippen molar-refractivity contribution in [1.29, 1.82) is 0 Å². The summed E-state index contributed by atoms with van der Waals surface area (Å²) in [6.45, 7) is -5.57. The van der Waals surface area contributed by atoms with Gasteiger partial charge in [-0.25, -0.2) is 4.39 Å². The van der Waals surface area contributed by atoms with Gasteiger partial charge in [0.05, 0.1) is 4.92 Å². The number of nitro groups is 1. The number of halogens is 4. The van der Waals surface area contributed by atoms with Crippen molar-refractivity contribution >= 4 is 18.1 Å². The second kappa shape index (κ2) is 5.39. The number of benzene rings is 1. The minimum atomic E-state index is -5.57. The molecule has 3 nitrogen and oxygen atoms in total. The van der Waals surface area contributed by atoms with E-state index in [0.29, 0.717) is 12.1 Å².